The lowest BCUT2D eigenvalue weighted by Gasteiger charge is -2.24. The first kappa shape index (κ1) is 14.5. The van der Waals surface area contributed by atoms with Crippen molar-refractivity contribution in [3.63, 3.8) is 0 Å². The molecule has 1 atom stereocenters. The second-order valence-electron chi connectivity index (χ2n) is 5.51. The van der Waals surface area contributed by atoms with E-state index in [2.05, 4.69) is 11.4 Å². The molecule has 4 nitrogen and oxygen atoms in total. The molecule has 0 spiro atoms. The highest BCUT2D eigenvalue weighted by molar-refractivity contribution is 7.91. The average molecular weight is 283 g/mol. The van der Waals surface area contributed by atoms with Crippen LogP contribution in [0.2, 0.25) is 0 Å². The Morgan fingerprint density at radius 1 is 1.37 bits per heavy atom. The van der Waals surface area contributed by atoms with Gasteiger partial charge in [0.05, 0.1) is 18.1 Å². The highest BCUT2D eigenvalue weighted by Gasteiger charge is 2.37. The summed E-state index contributed by atoms with van der Waals surface area (Å²) in [7, 11) is -1.18. The Kier molecular flexibility index (Phi) is 4.28. The van der Waals surface area contributed by atoms with Gasteiger partial charge in [-0.1, -0.05) is 24.3 Å². The van der Waals surface area contributed by atoms with Gasteiger partial charge < -0.3 is 10.1 Å². The van der Waals surface area contributed by atoms with Gasteiger partial charge in [-0.15, -0.1) is 0 Å². The molecule has 5 heteroatoms. The van der Waals surface area contributed by atoms with Gasteiger partial charge in [0.15, 0.2) is 9.84 Å². The van der Waals surface area contributed by atoms with Gasteiger partial charge in [-0.05, 0) is 24.5 Å². The number of sulfone groups is 1. The molecule has 1 fully saturated rings. The molecule has 1 heterocycles. The van der Waals surface area contributed by atoms with Crippen molar-refractivity contribution >= 4 is 9.84 Å². The van der Waals surface area contributed by atoms with Crippen molar-refractivity contribution < 1.29 is 13.2 Å². The van der Waals surface area contributed by atoms with Crippen LogP contribution in [0.1, 0.15) is 24.5 Å². The zero-order valence-corrected chi connectivity index (χ0v) is 12.3. The molecule has 0 bridgehead atoms. The van der Waals surface area contributed by atoms with Crippen LogP contribution in [0, 0.1) is 0 Å². The Balaban J connectivity index is 1.97. The molecule has 0 aromatic heterocycles. The number of hydrogen-bond acceptors (Lipinski definition) is 4. The summed E-state index contributed by atoms with van der Waals surface area (Å²) in [6.07, 6.45) is 0.688. The maximum atomic E-state index is 11.5. The first-order chi connectivity index (χ1) is 8.92. The summed E-state index contributed by atoms with van der Waals surface area (Å²) < 4.78 is 28.2. The SMILES string of the molecule is COCc1cccc(CNC2(C)CCS(=O)(=O)C2)c1. The molecule has 1 aliphatic rings. The van der Waals surface area contributed by atoms with Gasteiger partial charge >= 0.3 is 0 Å². The number of nitrogens with one attached hydrogen (secondary N) is 1. The molecule has 1 aromatic carbocycles. The van der Waals surface area contributed by atoms with Crippen LogP contribution in [0.4, 0.5) is 0 Å². The summed E-state index contributed by atoms with van der Waals surface area (Å²) in [5.74, 6) is 0.526. The van der Waals surface area contributed by atoms with Crippen molar-refractivity contribution in [3.05, 3.63) is 35.4 Å². The van der Waals surface area contributed by atoms with Crippen LogP contribution in [0.15, 0.2) is 24.3 Å². The third kappa shape index (κ3) is 4.03. The van der Waals surface area contributed by atoms with E-state index in [1.54, 1.807) is 7.11 Å². The van der Waals surface area contributed by atoms with Crippen molar-refractivity contribution in [1.29, 1.82) is 0 Å². The number of rotatable bonds is 5. The maximum absolute atomic E-state index is 11.5. The minimum Gasteiger partial charge on any atom is -0.380 e. The first-order valence-corrected chi connectivity index (χ1v) is 8.27. The van der Waals surface area contributed by atoms with Gasteiger partial charge in [-0.2, -0.15) is 0 Å². The monoisotopic (exact) mass is 283 g/mol. The summed E-state index contributed by atoms with van der Waals surface area (Å²) in [6, 6.07) is 8.15. The van der Waals surface area contributed by atoms with Crippen molar-refractivity contribution in [2.75, 3.05) is 18.6 Å². The van der Waals surface area contributed by atoms with Crippen LogP contribution >= 0.6 is 0 Å². The molecule has 2 rings (SSSR count). The second-order valence-corrected chi connectivity index (χ2v) is 7.69. The summed E-state index contributed by atoms with van der Waals surface area (Å²) in [6.45, 7) is 3.26. The molecule has 1 saturated heterocycles. The standard InChI is InChI=1S/C14H21NO3S/c1-14(6-7-19(16,17)11-14)15-9-12-4-3-5-13(8-12)10-18-2/h3-5,8,15H,6-7,9-11H2,1-2H3. The quantitative estimate of drug-likeness (QED) is 0.890. The molecule has 1 aliphatic heterocycles. The van der Waals surface area contributed by atoms with Gasteiger partial charge in [0, 0.05) is 19.2 Å². The molecule has 19 heavy (non-hydrogen) atoms. The van der Waals surface area contributed by atoms with Crippen LogP contribution < -0.4 is 5.32 Å². The summed E-state index contributed by atoms with van der Waals surface area (Å²) in [5.41, 5.74) is 1.99. The smallest absolute Gasteiger partial charge is 0.152 e. The molecule has 0 amide bonds. The van der Waals surface area contributed by atoms with Crippen molar-refractivity contribution in [3.8, 4) is 0 Å². The Morgan fingerprint density at radius 3 is 2.74 bits per heavy atom. The predicted octanol–water partition coefficient (Wildman–Crippen LogP) is 1.50. The van der Waals surface area contributed by atoms with E-state index in [1.807, 2.05) is 25.1 Å². The van der Waals surface area contributed by atoms with E-state index < -0.39 is 9.84 Å². The van der Waals surface area contributed by atoms with E-state index in [-0.39, 0.29) is 11.3 Å². The Hall–Kier alpha value is -0.910. The fourth-order valence-electron chi connectivity index (χ4n) is 2.46. The molecule has 1 aromatic rings. The summed E-state index contributed by atoms with van der Waals surface area (Å²) in [4.78, 5) is 0. The Labute approximate surface area is 115 Å². The minimum absolute atomic E-state index is 0.234. The van der Waals surface area contributed by atoms with Crippen LogP contribution in [-0.4, -0.2) is 32.6 Å². The minimum atomic E-state index is -2.86. The third-order valence-electron chi connectivity index (χ3n) is 3.53. The molecule has 106 valence electrons. The van der Waals surface area contributed by atoms with E-state index in [4.69, 9.17) is 4.74 Å². The lowest BCUT2D eigenvalue weighted by molar-refractivity contribution is 0.185. The molecular weight excluding hydrogens is 262 g/mol. The van der Waals surface area contributed by atoms with E-state index >= 15 is 0 Å². The highest BCUT2D eigenvalue weighted by Crippen LogP contribution is 2.23. The van der Waals surface area contributed by atoms with Gasteiger partial charge in [0.25, 0.3) is 0 Å². The number of hydrogen-bond donors (Lipinski definition) is 1. The lowest BCUT2D eigenvalue weighted by atomic mass is 10.0. The molecule has 0 saturated carbocycles. The van der Waals surface area contributed by atoms with Crippen molar-refractivity contribution in [1.82, 2.24) is 5.32 Å². The topological polar surface area (TPSA) is 55.4 Å². The fourth-order valence-corrected chi connectivity index (χ4v) is 4.58. The number of ether oxygens (including phenoxy) is 1. The van der Waals surface area contributed by atoms with Gasteiger partial charge in [0.2, 0.25) is 0 Å². The predicted molar refractivity (Wildman–Crippen MR) is 75.7 cm³/mol. The molecular formula is C14H21NO3S. The number of methoxy groups -OCH3 is 1. The van der Waals surface area contributed by atoms with Gasteiger partial charge in [-0.25, -0.2) is 8.42 Å². The third-order valence-corrected chi connectivity index (χ3v) is 5.43. The number of benzene rings is 1. The first-order valence-electron chi connectivity index (χ1n) is 6.45. The van der Waals surface area contributed by atoms with Crippen LogP contribution in [-0.2, 0) is 27.7 Å². The molecule has 1 unspecified atom stereocenters. The molecule has 0 radical (unpaired) electrons. The largest absolute Gasteiger partial charge is 0.380 e. The van der Waals surface area contributed by atoms with Crippen LogP contribution in [0.3, 0.4) is 0 Å². The zero-order valence-electron chi connectivity index (χ0n) is 11.5. The average Bonchev–Trinajstić information content (AvgIpc) is 2.63. The summed E-state index contributed by atoms with van der Waals surface area (Å²) >= 11 is 0. The van der Waals surface area contributed by atoms with Crippen LogP contribution in [0.25, 0.3) is 0 Å². The maximum Gasteiger partial charge on any atom is 0.152 e. The summed E-state index contributed by atoms with van der Waals surface area (Å²) in [5, 5.41) is 3.38. The van der Waals surface area contributed by atoms with E-state index in [9.17, 15) is 8.42 Å². The van der Waals surface area contributed by atoms with E-state index in [1.165, 1.54) is 0 Å². The van der Waals surface area contributed by atoms with E-state index in [0.29, 0.717) is 25.3 Å². The second kappa shape index (κ2) is 5.61. The normalized spacial score (nSPS) is 25.6. The zero-order chi connectivity index (χ0) is 13.9. The Morgan fingerprint density at radius 2 is 2.11 bits per heavy atom. The molecule has 0 aliphatic carbocycles. The van der Waals surface area contributed by atoms with Gasteiger partial charge in [0.1, 0.15) is 0 Å². The molecule has 1 N–H and O–H groups in total. The Bertz CT molecular complexity index is 541. The lowest BCUT2D eigenvalue weighted by Crippen LogP contribution is -2.42. The van der Waals surface area contributed by atoms with Gasteiger partial charge in [-0.3, -0.25) is 0 Å². The van der Waals surface area contributed by atoms with Crippen LogP contribution in [0.5, 0.6) is 0 Å². The highest BCUT2D eigenvalue weighted by atomic mass is 32.2. The van der Waals surface area contributed by atoms with Crippen molar-refractivity contribution in [2.24, 2.45) is 0 Å². The van der Waals surface area contributed by atoms with E-state index in [0.717, 1.165) is 11.1 Å². The fraction of sp³-hybridized carbons (Fsp3) is 0.571. The van der Waals surface area contributed by atoms with Crippen molar-refractivity contribution in [2.45, 2.75) is 32.0 Å².